The summed E-state index contributed by atoms with van der Waals surface area (Å²) in [5, 5.41) is 15.6. The number of nitrogen functional groups attached to an aromatic ring is 1. The Morgan fingerprint density at radius 3 is 2.48 bits per heavy atom. The fourth-order valence-corrected chi connectivity index (χ4v) is 2.34. The van der Waals surface area contributed by atoms with Crippen molar-refractivity contribution in [1.82, 2.24) is 0 Å². The zero-order valence-electron chi connectivity index (χ0n) is 15.3. The van der Waals surface area contributed by atoms with Gasteiger partial charge in [0.05, 0.1) is 6.61 Å². The van der Waals surface area contributed by atoms with Crippen LogP contribution in [0.5, 0.6) is 0 Å². The number of amides is 1. The summed E-state index contributed by atoms with van der Waals surface area (Å²) in [6.45, 7) is 8.46. The summed E-state index contributed by atoms with van der Waals surface area (Å²) in [6.07, 6.45) is 0. The van der Waals surface area contributed by atoms with E-state index in [4.69, 9.17) is 5.73 Å². The molecule has 134 valence electrons. The molecule has 5 heteroatoms. The van der Waals surface area contributed by atoms with Crippen molar-refractivity contribution in [2.24, 2.45) is 5.92 Å². The molecule has 0 unspecified atom stereocenters. The molecule has 0 heterocycles. The highest BCUT2D eigenvalue weighted by atomic mass is 16.3. The van der Waals surface area contributed by atoms with E-state index in [1.807, 2.05) is 24.3 Å². The highest BCUT2D eigenvalue weighted by Gasteiger charge is 2.21. The van der Waals surface area contributed by atoms with E-state index in [2.05, 4.69) is 38.3 Å². The predicted molar refractivity (Wildman–Crippen MR) is 104 cm³/mol. The van der Waals surface area contributed by atoms with E-state index >= 15 is 0 Å². The molecule has 0 spiro atoms. The van der Waals surface area contributed by atoms with Gasteiger partial charge in [0.2, 0.25) is 0 Å². The second-order valence-electron chi connectivity index (χ2n) is 7.16. The number of hydrogen-bond acceptors (Lipinski definition) is 4. The lowest BCUT2D eigenvalue weighted by Crippen LogP contribution is -2.36. The van der Waals surface area contributed by atoms with E-state index in [9.17, 15) is 9.90 Å². The number of carbonyl (C=O) groups is 1. The number of anilines is 3. The molecule has 0 aliphatic heterocycles. The molecule has 5 nitrogen and oxygen atoms in total. The third kappa shape index (κ3) is 4.97. The SMILES string of the molecule is CC(C)C(C)(C)Nc1cccc(NC(=O)c2cc(N)cc(CO)c2)c1. The van der Waals surface area contributed by atoms with E-state index in [0.29, 0.717) is 28.4 Å². The van der Waals surface area contributed by atoms with Crippen LogP contribution in [0.25, 0.3) is 0 Å². The van der Waals surface area contributed by atoms with Crippen molar-refractivity contribution < 1.29 is 9.90 Å². The van der Waals surface area contributed by atoms with Crippen molar-refractivity contribution in [3.8, 4) is 0 Å². The Morgan fingerprint density at radius 1 is 1.16 bits per heavy atom. The van der Waals surface area contributed by atoms with Gasteiger partial charge in [-0.3, -0.25) is 4.79 Å². The Kier molecular flexibility index (Phi) is 5.69. The predicted octanol–water partition coefficient (Wildman–Crippen LogP) is 3.86. The van der Waals surface area contributed by atoms with Gasteiger partial charge in [-0.2, -0.15) is 0 Å². The Morgan fingerprint density at radius 2 is 1.84 bits per heavy atom. The number of carbonyl (C=O) groups excluding carboxylic acids is 1. The van der Waals surface area contributed by atoms with Gasteiger partial charge in [-0.1, -0.05) is 19.9 Å². The van der Waals surface area contributed by atoms with Crippen molar-refractivity contribution in [2.75, 3.05) is 16.4 Å². The third-order valence-electron chi connectivity index (χ3n) is 4.49. The largest absolute Gasteiger partial charge is 0.399 e. The molecule has 0 bridgehead atoms. The molecule has 0 saturated heterocycles. The minimum Gasteiger partial charge on any atom is -0.399 e. The summed E-state index contributed by atoms with van der Waals surface area (Å²) in [4.78, 5) is 12.5. The minimum atomic E-state index is -0.262. The van der Waals surface area contributed by atoms with Gasteiger partial charge in [0.25, 0.3) is 5.91 Å². The van der Waals surface area contributed by atoms with Crippen molar-refractivity contribution in [3.05, 3.63) is 53.6 Å². The number of benzene rings is 2. The molecule has 0 saturated carbocycles. The van der Waals surface area contributed by atoms with E-state index in [0.717, 1.165) is 5.69 Å². The summed E-state index contributed by atoms with van der Waals surface area (Å²) in [6, 6.07) is 12.5. The summed E-state index contributed by atoms with van der Waals surface area (Å²) >= 11 is 0. The first kappa shape index (κ1) is 18.8. The van der Waals surface area contributed by atoms with Crippen molar-refractivity contribution in [1.29, 1.82) is 0 Å². The van der Waals surface area contributed by atoms with E-state index in [-0.39, 0.29) is 18.1 Å². The lowest BCUT2D eigenvalue weighted by molar-refractivity contribution is 0.102. The highest BCUT2D eigenvalue weighted by molar-refractivity contribution is 6.05. The van der Waals surface area contributed by atoms with Gasteiger partial charge >= 0.3 is 0 Å². The third-order valence-corrected chi connectivity index (χ3v) is 4.49. The summed E-state index contributed by atoms with van der Waals surface area (Å²) in [7, 11) is 0. The van der Waals surface area contributed by atoms with Gasteiger partial charge in [-0.05, 0) is 61.7 Å². The fraction of sp³-hybridized carbons (Fsp3) is 0.350. The van der Waals surface area contributed by atoms with Crippen LogP contribution in [0.1, 0.15) is 43.6 Å². The second-order valence-corrected chi connectivity index (χ2v) is 7.16. The topological polar surface area (TPSA) is 87.4 Å². The first-order chi connectivity index (χ1) is 11.7. The van der Waals surface area contributed by atoms with Crippen molar-refractivity contribution >= 4 is 23.0 Å². The molecule has 0 atom stereocenters. The van der Waals surface area contributed by atoms with E-state index in [1.54, 1.807) is 18.2 Å². The van der Waals surface area contributed by atoms with Crippen LogP contribution in [0.4, 0.5) is 17.1 Å². The lowest BCUT2D eigenvalue weighted by Gasteiger charge is -2.32. The van der Waals surface area contributed by atoms with Crippen LogP contribution in [0, 0.1) is 5.92 Å². The molecule has 0 aromatic heterocycles. The zero-order valence-corrected chi connectivity index (χ0v) is 15.3. The molecular weight excluding hydrogens is 314 g/mol. The van der Waals surface area contributed by atoms with Crippen LogP contribution in [0.2, 0.25) is 0 Å². The fourth-order valence-electron chi connectivity index (χ4n) is 2.34. The average molecular weight is 341 g/mol. The first-order valence-corrected chi connectivity index (χ1v) is 8.41. The molecule has 1 amide bonds. The molecule has 0 aliphatic rings. The summed E-state index contributed by atoms with van der Waals surface area (Å²) in [5.74, 6) is 0.192. The van der Waals surface area contributed by atoms with Crippen molar-refractivity contribution in [2.45, 2.75) is 39.8 Å². The number of nitrogens with two attached hydrogens (primary N) is 1. The number of hydrogen-bond donors (Lipinski definition) is 4. The molecule has 5 N–H and O–H groups in total. The van der Waals surface area contributed by atoms with Gasteiger partial charge < -0.3 is 21.5 Å². The first-order valence-electron chi connectivity index (χ1n) is 8.41. The summed E-state index contributed by atoms with van der Waals surface area (Å²) < 4.78 is 0. The zero-order chi connectivity index (χ0) is 18.6. The molecule has 2 aromatic rings. The Bertz CT molecular complexity index is 754. The maximum atomic E-state index is 12.5. The minimum absolute atomic E-state index is 0.0630. The number of aliphatic hydroxyl groups is 1. The molecule has 0 radical (unpaired) electrons. The number of nitrogens with one attached hydrogen (secondary N) is 2. The molecule has 25 heavy (non-hydrogen) atoms. The molecule has 2 aromatic carbocycles. The normalized spacial score (nSPS) is 11.4. The van der Waals surface area contributed by atoms with Crippen LogP contribution in [-0.4, -0.2) is 16.6 Å². The average Bonchev–Trinajstić information content (AvgIpc) is 2.54. The lowest BCUT2D eigenvalue weighted by atomic mass is 9.90. The van der Waals surface area contributed by atoms with Crippen molar-refractivity contribution in [3.63, 3.8) is 0 Å². The molecular formula is C20H27N3O2. The van der Waals surface area contributed by atoms with Crippen LogP contribution in [0.15, 0.2) is 42.5 Å². The number of aliphatic hydroxyl groups excluding tert-OH is 1. The quantitative estimate of drug-likeness (QED) is 0.601. The Labute approximate surface area is 149 Å². The standard InChI is InChI=1S/C20H27N3O2/c1-13(2)20(3,4)23-18-7-5-6-17(11-18)22-19(25)15-8-14(12-24)9-16(21)10-15/h5-11,13,23-24H,12,21H2,1-4H3,(H,22,25). The monoisotopic (exact) mass is 341 g/mol. The highest BCUT2D eigenvalue weighted by Crippen LogP contribution is 2.24. The van der Waals surface area contributed by atoms with Gasteiger partial charge in [0, 0.05) is 28.2 Å². The van der Waals surface area contributed by atoms with Crippen LogP contribution in [-0.2, 0) is 6.61 Å². The van der Waals surface area contributed by atoms with E-state index < -0.39 is 0 Å². The maximum Gasteiger partial charge on any atom is 0.255 e. The van der Waals surface area contributed by atoms with E-state index in [1.165, 1.54) is 0 Å². The van der Waals surface area contributed by atoms with Crippen LogP contribution >= 0.6 is 0 Å². The molecule has 0 aliphatic carbocycles. The Hall–Kier alpha value is -2.53. The van der Waals surface area contributed by atoms with Crippen LogP contribution < -0.4 is 16.4 Å². The van der Waals surface area contributed by atoms with Gasteiger partial charge in [0.1, 0.15) is 0 Å². The maximum absolute atomic E-state index is 12.5. The smallest absolute Gasteiger partial charge is 0.255 e. The van der Waals surface area contributed by atoms with Gasteiger partial charge in [-0.15, -0.1) is 0 Å². The molecule has 0 fully saturated rings. The second kappa shape index (κ2) is 7.57. The Balaban J connectivity index is 2.17. The van der Waals surface area contributed by atoms with Crippen LogP contribution in [0.3, 0.4) is 0 Å². The molecule has 2 rings (SSSR count). The van der Waals surface area contributed by atoms with Gasteiger partial charge in [0.15, 0.2) is 0 Å². The van der Waals surface area contributed by atoms with Gasteiger partial charge in [-0.25, -0.2) is 0 Å². The summed E-state index contributed by atoms with van der Waals surface area (Å²) in [5.41, 5.74) is 8.85. The number of rotatable bonds is 6.